The quantitative estimate of drug-likeness (QED) is 0.299. The molecule has 3 rings (SSSR count). The lowest BCUT2D eigenvalue weighted by atomic mass is 10.1. The maximum Gasteiger partial charge on any atom is 0.270 e. The van der Waals surface area contributed by atoms with Crippen LogP contribution in [0.3, 0.4) is 0 Å². The number of nitriles is 1. The van der Waals surface area contributed by atoms with Crippen LogP contribution in [0.5, 0.6) is 0 Å². The third-order valence-electron chi connectivity index (χ3n) is 3.88. The second kappa shape index (κ2) is 7.69. The first-order valence-corrected chi connectivity index (χ1v) is 9.52. The number of thiophene rings is 1. The zero-order valence-electron chi connectivity index (χ0n) is 14.3. The van der Waals surface area contributed by atoms with Crippen molar-refractivity contribution in [1.29, 1.82) is 5.26 Å². The Bertz CT molecular complexity index is 1100. The summed E-state index contributed by atoms with van der Waals surface area (Å²) in [6.07, 6.45) is 1.47. The second-order valence-corrected chi connectivity index (χ2v) is 7.75. The number of non-ortho nitro benzene ring substituents is 1. The fraction of sp³-hybridized carbons (Fsp3) is 0.176. The highest BCUT2D eigenvalue weighted by molar-refractivity contribution is 8.00. The summed E-state index contributed by atoms with van der Waals surface area (Å²) in [6.45, 7) is 4.01. The van der Waals surface area contributed by atoms with Crippen molar-refractivity contribution in [2.24, 2.45) is 0 Å². The van der Waals surface area contributed by atoms with Crippen LogP contribution in [0.1, 0.15) is 16.0 Å². The number of amides is 1. The molecule has 0 saturated carbocycles. The molecule has 1 N–H and O–H groups in total. The van der Waals surface area contributed by atoms with E-state index in [2.05, 4.69) is 15.3 Å². The maximum absolute atomic E-state index is 12.3. The van der Waals surface area contributed by atoms with E-state index in [-0.39, 0.29) is 28.6 Å². The first kappa shape index (κ1) is 18.8. The van der Waals surface area contributed by atoms with E-state index in [0.29, 0.717) is 0 Å². The summed E-state index contributed by atoms with van der Waals surface area (Å²) >= 11 is 2.86. The number of rotatable bonds is 5. The molecule has 0 saturated heterocycles. The lowest BCUT2D eigenvalue weighted by molar-refractivity contribution is -0.384. The number of thioether (sulfide) groups is 1. The van der Waals surface area contributed by atoms with E-state index < -0.39 is 4.92 Å². The first-order valence-electron chi connectivity index (χ1n) is 7.72. The van der Waals surface area contributed by atoms with E-state index in [1.54, 1.807) is 11.3 Å². The number of benzene rings is 1. The molecule has 136 valence electrons. The molecule has 0 aliphatic heterocycles. The van der Waals surface area contributed by atoms with Crippen molar-refractivity contribution in [2.45, 2.75) is 18.9 Å². The number of aryl methyl sites for hydroxylation is 2. The van der Waals surface area contributed by atoms with Crippen LogP contribution in [-0.4, -0.2) is 26.6 Å². The van der Waals surface area contributed by atoms with Crippen LogP contribution in [0.15, 0.2) is 29.6 Å². The van der Waals surface area contributed by atoms with E-state index in [1.165, 1.54) is 30.2 Å². The van der Waals surface area contributed by atoms with Gasteiger partial charge in [-0.1, -0.05) is 11.8 Å². The number of nitro groups is 1. The van der Waals surface area contributed by atoms with Crippen molar-refractivity contribution < 1.29 is 9.72 Å². The molecule has 1 amide bonds. The summed E-state index contributed by atoms with van der Waals surface area (Å²) in [6, 6.07) is 5.59. The molecule has 0 unspecified atom stereocenters. The summed E-state index contributed by atoms with van der Waals surface area (Å²) in [5.74, 6) is -0.246. The van der Waals surface area contributed by atoms with Gasteiger partial charge in [0.05, 0.1) is 21.9 Å². The minimum atomic E-state index is -0.589. The van der Waals surface area contributed by atoms with Gasteiger partial charge in [0, 0.05) is 22.4 Å². The summed E-state index contributed by atoms with van der Waals surface area (Å²) in [7, 11) is 0. The van der Waals surface area contributed by atoms with Crippen LogP contribution in [0.25, 0.3) is 10.2 Å². The lowest BCUT2D eigenvalue weighted by Gasteiger charge is -2.07. The molecule has 3 aromatic rings. The zero-order chi connectivity index (χ0) is 19.6. The highest BCUT2D eigenvalue weighted by Crippen LogP contribution is 2.34. The number of nitrogens with one attached hydrogen (secondary N) is 1. The highest BCUT2D eigenvalue weighted by Gasteiger charge is 2.15. The average molecular weight is 399 g/mol. The van der Waals surface area contributed by atoms with Crippen LogP contribution in [0, 0.1) is 35.3 Å². The number of carbonyl (C=O) groups excluding carboxylic acids is 1. The molecule has 2 heterocycles. The van der Waals surface area contributed by atoms with Crippen molar-refractivity contribution >= 4 is 50.6 Å². The minimum absolute atomic E-state index is 0.0382. The van der Waals surface area contributed by atoms with E-state index >= 15 is 0 Å². The molecular formula is C17H13N5O3S2. The standard InChI is InChI=1S/C17H13N5O3S2/c1-9-10(2)27-17-15(9)16(19-8-20-17)26-7-14(23)21-13-4-3-12(22(24)25)5-11(13)6-18/h3-5,8H,7H2,1-2H3,(H,21,23). The van der Waals surface area contributed by atoms with Crippen molar-refractivity contribution in [1.82, 2.24) is 9.97 Å². The Morgan fingerprint density at radius 1 is 1.41 bits per heavy atom. The van der Waals surface area contributed by atoms with Gasteiger partial charge in [-0.3, -0.25) is 14.9 Å². The first-order chi connectivity index (χ1) is 12.9. The third kappa shape index (κ3) is 3.89. The number of fused-ring (bicyclic) bond motifs is 1. The van der Waals surface area contributed by atoms with Gasteiger partial charge in [-0.05, 0) is 25.5 Å². The number of hydrogen-bond acceptors (Lipinski definition) is 8. The smallest absolute Gasteiger partial charge is 0.270 e. The molecule has 8 nitrogen and oxygen atoms in total. The number of carbonyl (C=O) groups is 1. The third-order valence-corrected chi connectivity index (χ3v) is 5.98. The highest BCUT2D eigenvalue weighted by atomic mass is 32.2. The van der Waals surface area contributed by atoms with Gasteiger partial charge in [0.15, 0.2) is 0 Å². The van der Waals surface area contributed by atoms with Gasteiger partial charge in [0.1, 0.15) is 22.3 Å². The minimum Gasteiger partial charge on any atom is -0.324 e. The van der Waals surface area contributed by atoms with Crippen LogP contribution in [0.2, 0.25) is 0 Å². The molecule has 1 aromatic carbocycles. The van der Waals surface area contributed by atoms with Gasteiger partial charge < -0.3 is 5.32 Å². The number of nitrogens with zero attached hydrogens (tertiary/aromatic N) is 4. The van der Waals surface area contributed by atoms with Crippen molar-refractivity contribution in [3.05, 3.63) is 50.6 Å². The van der Waals surface area contributed by atoms with Crippen molar-refractivity contribution in [3.63, 3.8) is 0 Å². The number of hydrogen-bond donors (Lipinski definition) is 1. The maximum atomic E-state index is 12.3. The van der Waals surface area contributed by atoms with Crippen LogP contribution >= 0.6 is 23.1 Å². The Morgan fingerprint density at radius 2 is 2.19 bits per heavy atom. The summed E-state index contributed by atoms with van der Waals surface area (Å²) in [5, 5.41) is 24.2. The van der Waals surface area contributed by atoms with Crippen molar-refractivity contribution in [3.8, 4) is 6.07 Å². The number of anilines is 1. The summed E-state index contributed by atoms with van der Waals surface area (Å²) in [5.41, 5.74) is 1.17. The molecule has 0 atom stereocenters. The van der Waals surface area contributed by atoms with Gasteiger partial charge in [0.25, 0.3) is 5.69 Å². The molecule has 0 fully saturated rings. The molecule has 0 spiro atoms. The van der Waals surface area contributed by atoms with Gasteiger partial charge in [-0.25, -0.2) is 9.97 Å². The fourth-order valence-corrected chi connectivity index (χ4v) is 4.34. The monoisotopic (exact) mass is 399 g/mol. The Kier molecular flexibility index (Phi) is 5.34. The molecular weight excluding hydrogens is 386 g/mol. The molecule has 2 aromatic heterocycles. The normalized spacial score (nSPS) is 10.6. The average Bonchev–Trinajstić information content (AvgIpc) is 2.94. The van der Waals surface area contributed by atoms with Crippen LogP contribution in [0.4, 0.5) is 11.4 Å². The van der Waals surface area contributed by atoms with Gasteiger partial charge in [-0.15, -0.1) is 11.3 Å². The number of nitro benzene ring substituents is 1. The molecule has 0 aliphatic rings. The summed E-state index contributed by atoms with van der Waals surface area (Å²) in [4.78, 5) is 33.1. The zero-order valence-corrected chi connectivity index (χ0v) is 16.0. The van der Waals surface area contributed by atoms with Crippen LogP contribution < -0.4 is 5.32 Å². The fourth-order valence-electron chi connectivity index (χ4n) is 2.43. The largest absolute Gasteiger partial charge is 0.324 e. The Labute approximate surface area is 162 Å². The summed E-state index contributed by atoms with van der Waals surface area (Å²) < 4.78 is 0. The SMILES string of the molecule is Cc1sc2ncnc(SCC(=O)Nc3ccc([N+](=O)[O-])cc3C#N)c2c1C. The van der Waals surface area contributed by atoms with E-state index in [1.807, 2.05) is 19.9 Å². The Hall–Kier alpha value is -3.03. The topological polar surface area (TPSA) is 122 Å². The van der Waals surface area contributed by atoms with E-state index in [4.69, 9.17) is 5.26 Å². The lowest BCUT2D eigenvalue weighted by Crippen LogP contribution is -2.15. The Morgan fingerprint density at radius 3 is 2.89 bits per heavy atom. The molecule has 0 bridgehead atoms. The van der Waals surface area contributed by atoms with Crippen molar-refractivity contribution in [2.75, 3.05) is 11.1 Å². The second-order valence-electron chi connectivity index (χ2n) is 5.58. The molecule has 0 aliphatic carbocycles. The molecule has 0 radical (unpaired) electrons. The number of aromatic nitrogens is 2. The van der Waals surface area contributed by atoms with E-state index in [9.17, 15) is 14.9 Å². The predicted octanol–water partition coefficient (Wildman–Crippen LogP) is 3.82. The molecule has 27 heavy (non-hydrogen) atoms. The van der Waals surface area contributed by atoms with E-state index in [0.717, 1.165) is 31.7 Å². The van der Waals surface area contributed by atoms with Gasteiger partial charge in [0.2, 0.25) is 5.91 Å². The predicted molar refractivity (Wildman–Crippen MR) is 104 cm³/mol. The van der Waals surface area contributed by atoms with Gasteiger partial charge >= 0.3 is 0 Å². The molecule has 10 heteroatoms. The van der Waals surface area contributed by atoms with Crippen LogP contribution in [-0.2, 0) is 4.79 Å². The van der Waals surface area contributed by atoms with Gasteiger partial charge in [-0.2, -0.15) is 5.26 Å². The Balaban J connectivity index is 1.74.